The molecule has 1 saturated heterocycles. The molecule has 1 fully saturated rings. The lowest BCUT2D eigenvalue weighted by Crippen LogP contribution is -2.46. The van der Waals surface area contributed by atoms with Crippen LogP contribution in [-0.2, 0) is 4.79 Å². The summed E-state index contributed by atoms with van der Waals surface area (Å²) in [5, 5.41) is 6.96. The Kier molecular flexibility index (Phi) is 5.47. The molecule has 1 aliphatic heterocycles. The van der Waals surface area contributed by atoms with Crippen LogP contribution in [0, 0.1) is 9.49 Å². The van der Waals surface area contributed by atoms with Crippen LogP contribution in [0.15, 0.2) is 18.2 Å². The maximum Gasteiger partial charge on any atom is 0.241 e. The Hall–Kier alpha value is -0.330. The fourth-order valence-corrected chi connectivity index (χ4v) is 3.38. The third-order valence-electron chi connectivity index (χ3n) is 3.60. The van der Waals surface area contributed by atoms with Crippen molar-refractivity contribution < 1.29 is 4.79 Å². The highest BCUT2D eigenvalue weighted by Crippen LogP contribution is 2.24. The Morgan fingerprint density at radius 3 is 3.05 bits per heavy atom. The first-order valence-corrected chi connectivity index (χ1v) is 8.05. The summed E-state index contributed by atoms with van der Waals surface area (Å²) < 4.78 is 0.960. The molecule has 2 N–H and O–H groups in total. The predicted molar refractivity (Wildman–Crippen MR) is 87.6 cm³/mol. The Morgan fingerprint density at radius 2 is 2.37 bits per heavy atom. The van der Waals surface area contributed by atoms with Crippen LogP contribution in [0.3, 0.4) is 0 Å². The summed E-state index contributed by atoms with van der Waals surface area (Å²) in [6.07, 6.45) is 3.23. The number of carbonyl (C=O) groups excluding carboxylic acids is 1. The maximum absolute atomic E-state index is 12.3. The fourth-order valence-electron chi connectivity index (χ4n) is 2.38. The van der Waals surface area contributed by atoms with Gasteiger partial charge in [0.25, 0.3) is 0 Å². The molecule has 3 nitrogen and oxygen atoms in total. The summed E-state index contributed by atoms with van der Waals surface area (Å²) in [6, 6.07) is 5.41. The Morgan fingerprint density at radius 1 is 1.58 bits per heavy atom. The minimum atomic E-state index is -0.0785. The first-order valence-electron chi connectivity index (χ1n) is 6.59. The number of anilines is 1. The number of nitrogens with one attached hydrogen (secondary N) is 2. The van der Waals surface area contributed by atoms with Gasteiger partial charge in [-0.3, -0.25) is 4.79 Å². The second-order valence-electron chi connectivity index (χ2n) is 4.92. The average molecular weight is 393 g/mol. The Labute approximate surface area is 132 Å². The number of hydrogen-bond donors (Lipinski definition) is 2. The topological polar surface area (TPSA) is 41.1 Å². The van der Waals surface area contributed by atoms with E-state index in [1.807, 2.05) is 12.1 Å². The van der Waals surface area contributed by atoms with Gasteiger partial charge in [0.1, 0.15) is 0 Å². The van der Waals surface area contributed by atoms with Crippen molar-refractivity contribution >= 4 is 45.8 Å². The second kappa shape index (κ2) is 6.90. The van der Waals surface area contributed by atoms with E-state index in [9.17, 15) is 4.79 Å². The summed E-state index contributed by atoms with van der Waals surface area (Å²) >= 11 is 8.09. The van der Waals surface area contributed by atoms with Crippen LogP contribution in [0.1, 0.15) is 26.2 Å². The van der Waals surface area contributed by atoms with Gasteiger partial charge in [0.2, 0.25) is 5.91 Å². The summed E-state index contributed by atoms with van der Waals surface area (Å²) in [5.74, 6) is 0.708. The number of rotatable bonds is 3. The average Bonchev–Trinajstić information content (AvgIpc) is 2.42. The van der Waals surface area contributed by atoms with Crippen molar-refractivity contribution in [1.82, 2.24) is 5.32 Å². The van der Waals surface area contributed by atoms with Crippen molar-refractivity contribution in [2.24, 2.45) is 5.92 Å². The van der Waals surface area contributed by atoms with E-state index in [-0.39, 0.29) is 11.9 Å². The van der Waals surface area contributed by atoms with E-state index >= 15 is 0 Å². The molecule has 0 radical (unpaired) electrons. The minimum absolute atomic E-state index is 0.0541. The van der Waals surface area contributed by atoms with Crippen LogP contribution in [0.2, 0.25) is 5.02 Å². The maximum atomic E-state index is 12.3. The van der Waals surface area contributed by atoms with Crippen LogP contribution < -0.4 is 10.6 Å². The number of amides is 1. The van der Waals surface area contributed by atoms with E-state index < -0.39 is 0 Å². The molecule has 0 spiro atoms. The number of piperidine rings is 1. The second-order valence-corrected chi connectivity index (χ2v) is 6.52. The van der Waals surface area contributed by atoms with Crippen molar-refractivity contribution in [2.75, 3.05) is 11.9 Å². The van der Waals surface area contributed by atoms with Crippen molar-refractivity contribution in [3.63, 3.8) is 0 Å². The van der Waals surface area contributed by atoms with Crippen molar-refractivity contribution in [3.05, 3.63) is 26.8 Å². The molecule has 5 heteroatoms. The number of halogens is 2. The van der Waals surface area contributed by atoms with Crippen LogP contribution in [-0.4, -0.2) is 18.5 Å². The van der Waals surface area contributed by atoms with E-state index in [2.05, 4.69) is 40.1 Å². The van der Waals surface area contributed by atoms with Crippen LogP contribution in [0.5, 0.6) is 0 Å². The van der Waals surface area contributed by atoms with E-state index in [0.29, 0.717) is 10.9 Å². The van der Waals surface area contributed by atoms with Crippen molar-refractivity contribution in [1.29, 1.82) is 0 Å². The molecule has 1 heterocycles. The SMILES string of the molecule is CCC1CCNC(C(=O)Nc2ccc(Cl)cc2I)C1. The van der Waals surface area contributed by atoms with Gasteiger partial charge in [-0.2, -0.15) is 0 Å². The van der Waals surface area contributed by atoms with Gasteiger partial charge in [0.15, 0.2) is 0 Å². The minimum Gasteiger partial charge on any atom is -0.324 e. The largest absolute Gasteiger partial charge is 0.324 e. The fraction of sp³-hybridized carbons (Fsp3) is 0.500. The highest BCUT2D eigenvalue weighted by molar-refractivity contribution is 14.1. The highest BCUT2D eigenvalue weighted by atomic mass is 127. The van der Waals surface area contributed by atoms with Crippen LogP contribution >= 0.6 is 34.2 Å². The molecule has 2 atom stereocenters. The number of carbonyl (C=O) groups is 1. The zero-order valence-corrected chi connectivity index (χ0v) is 13.8. The summed E-state index contributed by atoms with van der Waals surface area (Å²) in [4.78, 5) is 12.3. The number of benzene rings is 1. The zero-order chi connectivity index (χ0) is 13.8. The third kappa shape index (κ3) is 4.07. The van der Waals surface area contributed by atoms with Crippen LogP contribution in [0.25, 0.3) is 0 Å². The van der Waals surface area contributed by atoms with Gasteiger partial charge in [-0.25, -0.2) is 0 Å². The van der Waals surface area contributed by atoms with E-state index in [0.717, 1.165) is 28.6 Å². The van der Waals surface area contributed by atoms with Gasteiger partial charge in [-0.1, -0.05) is 24.9 Å². The van der Waals surface area contributed by atoms with Gasteiger partial charge in [-0.05, 0) is 66.1 Å². The Bertz CT molecular complexity index is 467. The standard InChI is InChI=1S/C14H18ClIN2O/c1-2-9-5-6-17-13(7-9)14(19)18-12-4-3-10(15)8-11(12)16/h3-4,8-9,13,17H,2,5-7H2,1H3,(H,18,19). The zero-order valence-electron chi connectivity index (χ0n) is 10.9. The molecule has 0 saturated carbocycles. The molecule has 104 valence electrons. The predicted octanol–water partition coefficient (Wildman–Crippen LogP) is 3.66. The summed E-state index contributed by atoms with van der Waals surface area (Å²) in [7, 11) is 0. The Balaban J connectivity index is 2.00. The van der Waals surface area contributed by atoms with Crippen molar-refractivity contribution in [2.45, 2.75) is 32.2 Å². The molecule has 1 amide bonds. The molecule has 19 heavy (non-hydrogen) atoms. The first-order chi connectivity index (χ1) is 9.10. The smallest absolute Gasteiger partial charge is 0.241 e. The molecule has 0 aromatic heterocycles. The molecule has 1 aromatic carbocycles. The lowest BCUT2D eigenvalue weighted by molar-refractivity contribution is -0.119. The van der Waals surface area contributed by atoms with E-state index in [1.165, 1.54) is 6.42 Å². The van der Waals surface area contributed by atoms with E-state index in [4.69, 9.17) is 11.6 Å². The molecule has 0 aliphatic carbocycles. The first kappa shape index (κ1) is 15.1. The molecule has 2 rings (SSSR count). The lowest BCUT2D eigenvalue weighted by atomic mass is 9.90. The highest BCUT2D eigenvalue weighted by Gasteiger charge is 2.26. The van der Waals surface area contributed by atoms with Crippen molar-refractivity contribution in [3.8, 4) is 0 Å². The molecule has 0 bridgehead atoms. The van der Waals surface area contributed by atoms with Crippen LogP contribution in [0.4, 0.5) is 5.69 Å². The quantitative estimate of drug-likeness (QED) is 0.771. The summed E-state index contributed by atoms with van der Waals surface area (Å²) in [5.41, 5.74) is 0.829. The molecule has 1 aromatic rings. The van der Waals surface area contributed by atoms with Gasteiger partial charge in [0, 0.05) is 8.59 Å². The monoisotopic (exact) mass is 392 g/mol. The molecular formula is C14H18ClIN2O. The van der Waals surface area contributed by atoms with Gasteiger partial charge >= 0.3 is 0 Å². The molecular weight excluding hydrogens is 375 g/mol. The normalized spacial score (nSPS) is 23.1. The third-order valence-corrected chi connectivity index (χ3v) is 4.72. The summed E-state index contributed by atoms with van der Waals surface area (Å²) in [6.45, 7) is 3.11. The van der Waals surface area contributed by atoms with Gasteiger partial charge in [-0.15, -0.1) is 0 Å². The van der Waals surface area contributed by atoms with Gasteiger partial charge < -0.3 is 10.6 Å². The lowest BCUT2D eigenvalue weighted by Gasteiger charge is -2.28. The molecule has 2 unspecified atom stereocenters. The molecule has 1 aliphatic rings. The van der Waals surface area contributed by atoms with Gasteiger partial charge in [0.05, 0.1) is 11.7 Å². The van der Waals surface area contributed by atoms with E-state index in [1.54, 1.807) is 6.07 Å². The number of hydrogen-bond acceptors (Lipinski definition) is 2.